The summed E-state index contributed by atoms with van der Waals surface area (Å²) in [5, 5.41) is 0. The van der Waals surface area contributed by atoms with Crippen molar-refractivity contribution in [2.45, 2.75) is 56.1 Å². The quantitative estimate of drug-likeness (QED) is 0.702. The molecule has 0 aliphatic heterocycles. The van der Waals surface area contributed by atoms with Crippen LogP contribution in [0.4, 0.5) is 0 Å². The van der Waals surface area contributed by atoms with E-state index in [1.54, 1.807) is 0 Å². The van der Waals surface area contributed by atoms with Gasteiger partial charge in [-0.1, -0.05) is 12.8 Å². The molecule has 0 aromatic heterocycles. The first-order chi connectivity index (χ1) is 8.70. The summed E-state index contributed by atoms with van der Waals surface area (Å²) in [6.07, 6.45) is 12.0. The molecule has 4 rings (SSSR count). The summed E-state index contributed by atoms with van der Waals surface area (Å²) in [7, 11) is 0. The van der Waals surface area contributed by atoms with Gasteiger partial charge >= 0.3 is 0 Å². The molecule has 2 heteroatoms. The Morgan fingerprint density at radius 3 is 1.56 bits per heavy atom. The molecule has 4 saturated carbocycles. The number of hydrogen-bond acceptors (Lipinski definition) is 2. The lowest BCUT2D eigenvalue weighted by atomic mass is 9.68. The third-order valence-corrected chi connectivity index (χ3v) is 8.61. The smallest absolute Gasteiger partial charge is 0.0279 e. The molecule has 18 heavy (non-hydrogen) atoms. The predicted molar refractivity (Wildman–Crippen MR) is 83.4 cm³/mol. The van der Waals surface area contributed by atoms with Gasteiger partial charge in [0.05, 0.1) is 0 Å². The molecule has 0 spiro atoms. The Kier molecular flexibility index (Phi) is 3.00. The van der Waals surface area contributed by atoms with Gasteiger partial charge in [0.2, 0.25) is 0 Å². The molecule has 4 fully saturated rings. The minimum absolute atomic E-state index is 0.267. The van der Waals surface area contributed by atoms with Crippen LogP contribution in [0.25, 0.3) is 0 Å². The summed E-state index contributed by atoms with van der Waals surface area (Å²) in [5.41, 5.74) is 0. The molecule has 0 saturated heterocycles. The maximum atomic E-state index is 5.30. The van der Waals surface area contributed by atoms with Gasteiger partial charge in [-0.15, -0.1) is 0 Å². The fraction of sp³-hybridized carbons (Fsp3) is 1.00. The van der Waals surface area contributed by atoms with E-state index in [0.29, 0.717) is 0 Å². The third kappa shape index (κ3) is 1.67. The van der Waals surface area contributed by atoms with E-state index in [9.17, 15) is 0 Å². The number of thiol groups is 2. The number of rotatable bonds is 3. The zero-order valence-electron chi connectivity index (χ0n) is 11.2. The van der Waals surface area contributed by atoms with Crippen LogP contribution < -0.4 is 0 Å². The molecule has 0 aromatic rings. The van der Waals surface area contributed by atoms with Crippen molar-refractivity contribution in [2.24, 2.45) is 35.5 Å². The highest BCUT2D eigenvalue weighted by Crippen LogP contribution is 2.61. The molecule has 0 aromatic carbocycles. The van der Waals surface area contributed by atoms with Crippen molar-refractivity contribution in [1.82, 2.24) is 0 Å². The Labute approximate surface area is 123 Å². The summed E-state index contributed by atoms with van der Waals surface area (Å²) >= 11 is 10.1. The fourth-order valence-electron chi connectivity index (χ4n) is 6.22. The molecule has 0 amide bonds. The zero-order chi connectivity index (χ0) is 12.3. The van der Waals surface area contributed by atoms with E-state index in [2.05, 4.69) is 0 Å². The molecular formula is C16H26S2. The Hall–Kier alpha value is 0.700. The molecule has 0 N–H and O–H groups in total. The van der Waals surface area contributed by atoms with Crippen LogP contribution in [-0.4, -0.2) is 10.5 Å². The molecule has 4 aliphatic rings. The van der Waals surface area contributed by atoms with Gasteiger partial charge in [-0.25, -0.2) is 0 Å². The van der Waals surface area contributed by atoms with E-state index < -0.39 is 0 Å². The predicted octanol–water partition coefficient (Wildman–Crippen LogP) is 4.46. The molecule has 6 atom stereocenters. The van der Waals surface area contributed by atoms with Gasteiger partial charge in [-0.3, -0.25) is 0 Å². The molecular weight excluding hydrogens is 256 g/mol. The van der Waals surface area contributed by atoms with Crippen molar-refractivity contribution in [3.63, 3.8) is 0 Å². The second-order valence-corrected chi connectivity index (χ2v) is 8.86. The zero-order valence-corrected chi connectivity index (χ0v) is 13.0. The van der Waals surface area contributed by atoms with Crippen LogP contribution in [0.2, 0.25) is 0 Å². The minimum Gasteiger partial charge on any atom is -0.178 e. The Morgan fingerprint density at radius 1 is 0.778 bits per heavy atom. The van der Waals surface area contributed by atoms with Crippen molar-refractivity contribution in [2.75, 3.05) is 5.75 Å². The van der Waals surface area contributed by atoms with Crippen molar-refractivity contribution in [3.05, 3.63) is 0 Å². The lowest BCUT2D eigenvalue weighted by Crippen LogP contribution is -2.46. The average Bonchev–Trinajstić information content (AvgIpc) is 3.15. The van der Waals surface area contributed by atoms with Gasteiger partial charge in [0, 0.05) is 10.5 Å². The maximum absolute atomic E-state index is 5.30. The second-order valence-electron chi connectivity index (χ2n) is 7.71. The summed E-state index contributed by atoms with van der Waals surface area (Å²) < 4.78 is 0.267. The van der Waals surface area contributed by atoms with E-state index in [4.69, 9.17) is 25.3 Å². The third-order valence-electron chi connectivity index (χ3n) is 7.01. The van der Waals surface area contributed by atoms with Gasteiger partial charge in [0.1, 0.15) is 0 Å². The van der Waals surface area contributed by atoms with E-state index in [-0.39, 0.29) is 4.75 Å². The lowest BCUT2D eigenvalue weighted by Gasteiger charge is -2.46. The van der Waals surface area contributed by atoms with Crippen molar-refractivity contribution < 1.29 is 0 Å². The molecule has 102 valence electrons. The lowest BCUT2D eigenvalue weighted by molar-refractivity contribution is 0.168. The molecule has 0 nitrogen and oxygen atoms in total. The van der Waals surface area contributed by atoms with Gasteiger partial charge in [0.15, 0.2) is 0 Å². The Balaban J connectivity index is 1.59. The van der Waals surface area contributed by atoms with Crippen molar-refractivity contribution in [1.29, 1.82) is 0 Å². The van der Waals surface area contributed by atoms with Crippen LogP contribution in [0.3, 0.4) is 0 Å². The van der Waals surface area contributed by atoms with E-state index in [1.807, 2.05) is 0 Å². The summed E-state index contributed by atoms with van der Waals surface area (Å²) in [4.78, 5) is 0. The summed E-state index contributed by atoms with van der Waals surface area (Å²) in [6, 6.07) is 0. The minimum atomic E-state index is 0.267. The first kappa shape index (κ1) is 12.4. The second kappa shape index (κ2) is 4.35. The van der Waals surface area contributed by atoms with E-state index >= 15 is 0 Å². The number of hydrogen-bond donors (Lipinski definition) is 2. The van der Waals surface area contributed by atoms with E-state index in [0.717, 1.165) is 41.3 Å². The standard InChI is InChI=1S/C16H26S2/c17-9-16(18,14-7-10-1-3-12(14)5-10)15-8-11-2-4-13(15)6-11/h10-15,17-18H,1-9H2. The fourth-order valence-corrected chi connectivity index (χ4v) is 7.32. The van der Waals surface area contributed by atoms with Crippen molar-refractivity contribution >= 4 is 25.3 Å². The monoisotopic (exact) mass is 282 g/mol. The topological polar surface area (TPSA) is 0 Å². The normalized spacial score (nSPS) is 53.0. The SMILES string of the molecule is SCC(S)(C1CC2CCC1C2)C1CC2CCC1C2. The van der Waals surface area contributed by atoms with Crippen LogP contribution >= 0.6 is 25.3 Å². The highest BCUT2D eigenvalue weighted by Gasteiger charge is 2.56. The molecule has 4 bridgehead atoms. The summed E-state index contributed by atoms with van der Waals surface area (Å²) in [6.45, 7) is 0. The van der Waals surface area contributed by atoms with Crippen molar-refractivity contribution in [3.8, 4) is 0 Å². The molecule has 0 heterocycles. The van der Waals surface area contributed by atoms with Crippen LogP contribution in [0.5, 0.6) is 0 Å². The Bertz CT molecular complexity index is 312. The Morgan fingerprint density at radius 2 is 1.28 bits per heavy atom. The van der Waals surface area contributed by atoms with Gasteiger partial charge in [-0.05, 0) is 74.0 Å². The van der Waals surface area contributed by atoms with Crippen LogP contribution in [0.1, 0.15) is 51.4 Å². The maximum Gasteiger partial charge on any atom is 0.0279 e. The van der Waals surface area contributed by atoms with Crippen LogP contribution in [0.15, 0.2) is 0 Å². The van der Waals surface area contributed by atoms with Crippen LogP contribution in [0, 0.1) is 35.5 Å². The molecule has 6 unspecified atom stereocenters. The van der Waals surface area contributed by atoms with Gasteiger partial charge in [0.25, 0.3) is 0 Å². The van der Waals surface area contributed by atoms with E-state index in [1.165, 1.54) is 51.4 Å². The van der Waals surface area contributed by atoms with Crippen LogP contribution in [-0.2, 0) is 0 Å². The molecule has 0 radical (unpaired) electrons. The average molecular weight is 283 g/mol. The van der Waals surface area contributed by atoms with Gasteiger partial charge in [-0.2, -0.15) is 25.3 Å². The van der Waals surface area contributed by atoms with Gasteiger partial charge < -0.3 is 0 Å². The highest BCUT2D eigenvalue weighted by atomic mass is 32.1. The first-order valence-corrected chi connectivity index (χ1v) is 9.12. The first-order valence-electron chi connectivity index (χ1n) is 8.04. The summed E-state index contributed by atoms with van der Waals surface area (Å²) in [5.74, 6) is 6.88. The number of fused-ring (bicyclic) bond motifs is 4. The largest absolute Gasteiger partial charge is 0.178 e. The highest BCUT2D eigenvalue weighted by molar-refractivity contribution is 7.85. The molecule has 4 aliphatic carbocycles.